The molecule has 1 fully saturated rings. The number of nitrogens with zero attached hydrogens (tertiary/aromatic N) is 1. The summed E-state index contributed by atoms with van der Waals surface area (Å²) in [5, 5.41) is 9.65. The molecule has 1 unspecified atom stereocenters. The van der Waals surface area contributed by atoms with Crippen LogP contribution in [-0.4, -0.2) is 43.0 Å². The first-order chi connectivity index (χ1) is 9.67. The second kappa shape index (κ2) is 5.79. The lowest BCUT2D eigenvalue weighted by molar-refractivity contribution is -0.126. The van der Waals surface area contributed by atoms with Gasteiger partial charge in [-0.05, 0) is 0 Å². The van der Waals surface area contributed by atoms with Crippen LogP contribution in [-0.2, 0) is 13.8 Å². The van der Waals surface area contributed by atoms with Crippen LogP contribution in [0.25, 0.3) is 0 Å². The van der Waals surface area contributed by atoms with E-state index in [9.17, 15) is 23.7 Å². The Kier molecular flexibility index (Phi) is 4.42. The van der Waals surface area contributed by atoms with Crippen LogP contribution in [0.4, 0.5) is 4.39 Å². The number of hydrogen-bond acceptors (Lipinski definition) is 6. The number of halogens is 1. The minimum absolute atomic E-state index is 0.221. The SMILES string of the molecule is O=c1ccn([C@H]2C[C@H](O)[C@@H](C(F)OP(=O)(O)O)O2)c(=O)[nH]1. The summed E-state index contributed by atoms with van der Waals surface area (Å²) in [4.78, 5) is 41.4. The highest BCUT2D eigenvalue weighted by atomic mass is 31.2. The molecular weight excluding hydrogens is 314 g/mol. The Morgan fingerprint density at radius 3 is 2.76 bits per heavy atom. The molecule has 21 heavy (non-hydrogen) atoms. The van der Waals surface area contributed by atoms with Gasteiger partial charge in [0, 0.05) is 18.7 Å². The fraction of sp³-hybridized carbons (Fsp3) is 0.556. The molecule has 0 spiro atoms. The third-order valence-corrected chi connectivity index (χ3v) is 3.27. The van der Waals surface area contributed by atoms with Crippen molar-refractivity contribution in [2.45, 2.75) is 31.2 Å². The molecule has 0 aliphatic carbocycles. The van der Waals surface area contributed by atoms with Crippen molar-refractivity contribution in [3.8, 4) is 0 Å². The highest BCUT2D eigenvalue weighted by Gasteiger charge is 2.43. The summed E-state index contributed by atoms with van der Waals surface area (Å²) in [6.45, 7) is 0. The van der Waals surface area contributed by atoms with Crippen LogP contribution in [0.2, 0.25) is 0 Å². The smallest absolute Gasteiger partial charge is 0.390 e. The lowest BCUT2D eigenvalue weighted by Gasteiger charge is -2.19. The zero-order chi connectivity index (χ0) is 15.8. The van der Waals surface area contributed by atoms with E-state index in [0.717, 1.165) is 16.8 Å². The molecular formula is C9H12FN2O8P. The predicted octanol–water partition coefficient (Wildman–Crippen LogP) is -1.41. The predicted molar refractivity (Wildman–Crippen MR) is 63.9 cm³/mol. The molecule has 0 amide bonds. The molecule has 10 nitrogen and oxygen atoms in total. The largest absolute Gasteiger partial charge is 0.472 e. The number of aliphatic hydroxyl groups excluding tert-OH is 1. The van der Waals surface area contributed by atoms with E-state index in [2.05, 4.69) is 4.52 Å². The highest BCUT2D eigenvalue weighted by molar-refractivity contribution is 7.46. The molecule has 4 N–H and O–H groups in total. The summed E-state index contributed by atoms with van der Waals surface area (Å²) in [5.74, 6) is 0. The van der Waals surface area contributed by atoms with E-state index in [1.54, 1.807) is 0 Å². The number of hydrogen-bond donors (Lipinski definition) is 4. The minimum atomic E-state index is -5.09. The van der Waals surface area contributed by atoms with Crippen LogP contribution < -0.4 is 11.2 Å². The van der Waals surface area contributed by atoms with Gasteiger partial charge < -0.3 is 19.6 Å². The molecule has 2 heterocycles. The molecule has 0 bridgehead atoms. The number of nitrogens with one attached hydrogen (secondary N) is 1. The van der Waals surface area contributed by atoms with E-state index in [1.807, 2.05) is 4.98 Å². The second-order valence-electron chi connectivity index (χ2n) is 4.32. The van der Waals surface area contributed by atoms with E-state index in [-0.39, 0.29) is 6.42 Å². The fourth-order valence-corrected chi connectivity index (χ4v) is 2.31. The zero-order valence-corrected chi connectivity index (χ0v) is 11.2. The van der Waals surface area contributed by atoms with Crippen molar-refractivity contribution in [2.75, 3.05) is 0 Å². The van der Waals surface area contributed by atoms with Crippen molar-refractivity contribution in [3.05, 3.63) is 33.1 Å². The lowest BCUT2D eigenvalue weighted by atomic mass is 10.2. The molecule has 0 saturated carbocycles. The average molecular weight is 326 g/mol. The summed E-state index contributed by atoms with van der Waals surface area (Å²) >= 11 is 0. The number of alkyl halides is 1. The standard InChI is InChI=1S/C9H12FN2O8P/c10-8(20-21(16,17)18)7-4(13)3-6(19-7)12-2-1-5(14)11-9(12)15/h1-2,4,6-8,13H,3H2,(H,11,14,15)(H2,16,17,18)/t4-,6+,7-,8?/m0/s1. The maximum absolute atomic E-state index is 13.6. The molecule has 118 valence electrons. The maximum Gasteiger partial charge on any atom is 0.472 e. The summed E-state index contributed by atoms with van der Waals surface area (Å²) in [5.41, 5.74) is -1.47. The first-order valence-electron chi connectivity index (χ1n) is 5.70. The molecule has 12 heteroatoms. The number of aromatic nitrogens is 2. The van der Waals surface area contributed by atoms with Gasteiger partial charge in [-0.2, -0.15) is 0 Å². The lowest BCUT2D eigenvalue weighted by Crippen LogP contribution is -2.34. The van der Waals surface area contributed by atoms with Crippen LogP contribution in [0.3, 0.4) is 0 Å². The molecule has 1 aromatic heterocycles. The first kappa shape index (κ1) is 16.0. The number of H-pyrrole nitrogens is 1. The van der Waals surface area contributed by atoms with Gasteiger partial charge >= 0.3 is 13.5 Å². The van der Waals surface area contributed by atoms with Gasteiger partial charge in [-0.1, -0.05) is 0 Å². The molecule has 2 rings (SSSR count). The van der Waals surface area contributed by atoms with Crippen molar-refractivity contribution in [1.82, 2.24) is 9.55 Å². The molecule has 1 aliphatic heterocycles. The normalized spacial score (nSPS) is 27.7. The number of phosphoric ester groups is 1. The summed E-state index contributed by atoms with van der Waals surface area (Å²) < 4.78 is 33.9. The Morgan fingerprint density at radius 2 is 2.19 bits per heavy atom. The monoisotopic (exact) mass is 326 g/mol. The number of phosphoric acid groups is 1. The van der Waals surface area contributed by atoms with E-state index >= 15 is 0 Å². The van der Waals surface area contributed by atoms with Crippen molar-refractivity contribution < 1.29 is 33.1 Å². The average Bonchev–Trinajstić information content (AvgIpc) is 2.68. The van der Waals surface area contributed by atoms with Gasteiger partial charge in [-0.15, -0.1) is 0 Å². The second-order valence-corrected chi connectivity index (χ2v) is 5.51. The van der Waals surface area contributed by atoms with Gasteiger partial charge in [0.2, 0.25) is 6.36 Å². The Hall–Kier alpha value is -1.36. The maximum atomic E-state index is 13.6. The summed E-state index contributed by atoms with van der Waals surface area (Å²) in [6, 6.07) is 1.03. The van der Waals surface area contributed by atoms with Crippen LogP contribution in [0.15, 0.2) is 21.9 Å². The first-order valence-corrected chi connectivity index (χ1v) is 7.23. The molecule has 1 saturated heterocycles. The van der Waals surface area contributed by atoms with Gasteiger partial charge in [-0.3, -0.25) is 14.3 Å². The topological polar surface area (TPSA) is 151 Å². The van der Waals surface area contributed by atoms with Gasteiger partial charge in [0.1, 0.15) is 12.3 Å². The van der Waals surface area contributed by atoms with Crippen molar-refractivity contribution in [2.24, 2.45) is 0 Å². The van der Waals surface area contributed by atoms with Crippen LogP contribution in [0.1, 0.15) is 12.6 Å². The quantitative estimate of drug-likeness (QED) is 0.493. The molecule has 1 aliphatic rings. The van der Waals surface area contributed by atoms with Crippen molar-refractivity contribution in [3.63, 3.8) is 0 Å². The third kappa shape index (κ3) is 3.84. The highest BCUT2D eigenvalue weighted by Crippen LogP contribution is 2.41. The summed E-state index contributed by atoms with van der Waals surface area (Å²) in [6.07, 6.45) is -5.94. The zero-order valence-electron chi connectivity index (χ0n) is 10.3. The molecule has 4 atom stereocenters. The van der Waals surface area contributed by atoms with Gasteiger partial charge in [0.05, 0.1) is 6.10 Å². The molecule has 1 aromatic rings. The van der Waals surface area contributed by atoms with E-state index < -0.39 is 43.9 Å². The number of ether oxygens (including phenoxy) is 1. The van der Waals surface area contributed by atoms with Crippen LogP contribution in [0.5, 0.6) is 0 Å². The minimum Gasteiger partial charge on any atom is -0.390 e. The van der Waals surface area contributed by atoms with Gasteiger partial charge in [0.25, 0.3) is 5.56 Å². The van der Waals surface area contributed by atoms with Gasteiger partial charge in [-0.25, -0.2) is 18.3 Å². The third-order valence-electron chi connectivity index (χ3n) is 2.79. The van der Waals surface area contributed by atoms with Crippen LogP contribution >= 0.6 is 7.82 Å². The molecule has 0 radical (unpaired) electrons. The van der Waals surface area contributed by atoms with Gasteiger partial charge in [0.15, 0.2) is 0 Å². The molecule has 0 aromatic carbocycles. The fourth-order valence-electron chi connectivity index (χ4n) is 1.93. The van der Waals surface area contributed by atoms with E-state index in [1.165, 1.54) is 0 Å². The number of aliphatic hydroxyl groups is 1. The number of aromatic amines is 1. The number of rotatable bonds is 4. The summed E-state index contributed by atoms with van der Waals surface area (Å²) in [7, 11) is -5.09. The Morgan fingerprint density at radius 1 is 1.52 bits per heavy atom. The Labute approximate surface area is 116 Å². The Balaban J connectivity index is 2.15. The van der Waals surface area contributed by atoms with E-state index in [4.69, 9.17) is 14.5 Å². The van der Waals surface area contributed by atoms with Crippen molar-refractivity contribution >= 4 is 7.82 Å². The van der Waals surface area contributed by atoms with E-state index in [0.29, 0.717) is 0 Å². The Bertz CT molecular complexity index is 668. The van der Waals surface area contributed by atoms with Crippen LogP contribution in [0, 0.1) is 0 Å². The van der Waals surface area contributed by atoms with Crippen molar-refractivity contribution in [1.29, 1.82) is 0 Å².